The van der Waals surface area contributed by atoms with Gasteiger partial charge < -0.3 is 29.5 Å². The van der Waals surface area contributed by atoms with Crippen LogP contribution in [0.2, 0.25) is 0 Å². The lowest BCUT2D eigenvalue weighted by atomic mass is 10.2. The zero-order chi connectivity index (χ0) is 26.2. The zero-order valence-electron chi connectivity index (χ0n) is 21.3. The number of nitro groups is 1. The summed E-state index contributed by atoms with van der Waals surface area (Å²) in [5, 5.41) is 18.4. The third-order valence-electron chi connectivity index (χ3n) is 5.50. The maximum Gasteiger partial charge on any atom is 0.294 e. The number of rotatable bonds is 12. The molecule has 0 bridgehead atoms. The summed E-state index contributed by atoms with van der Waals surface area (Å²) in [6.45, 7) is 1.38. The molecule has 0 fully saturated rings. The van der Waals surface area contributed by atoms with Gasteiger partial charge in [0.2, 0.25) is 0 Å². The minimum Gasteiger partial charge on any atom is -0.494 e. The van der Waals surface area contributed by atoms with Crippen molar-refractivity contribution in [1.82, 2.24) is 14.9 Å². The first-order valence-corrected chi connectivity index (χ1v) is 12.4. The van der Waals surface area contributed by atoms with Gasteiger partial charge in [0.05, 0.1) is 29.1 Å². The monoisotopic (exact) mass is 512 g/mol. The summed E-state index contributed by atoms with van der Waals surface area (Å²) < 4.78 is 7.61. The quantitative estimate of drug-likeness (QED) is 0.202. The average Bonchev–Trinajstić information content (AvgIpc) is 2.87. The SMILES string of the molecule is COc1cc(N(C)CCN(C)C)c([N+](=O)[O-])cc1Nc1cc(Nc2ccccc2N(C)SC)ncn1. The molecule has 0 radical (unpaired) electrons. The highest BCUT2D eigenvalue weighted by molar-refractivity contribution is 7.99. The Bertz CT molecular complexity index is 1190. The molecule has 1 aromatic heterocycles. The molecule has 12 heteroatoms. The summed E-state index contributed by atoms with van der Waals surface area (Å²) in [5.74, 6) is 1.50. The second-order valence-corrected chi connectivity index (χ2v) is 9.17. The fourth-order valence-corrected chi connectivity index (χ4v) is 3.82. The highest BCUT2D eigenvalue weighted by Gasteiger charge is 2.22. The zero-order valence-corrected chi connectivity index (χ0v) is 22.2. The molecule has 2 N–H and O–H groups in total. The maximum atomic E-state index is 11.9. The topological polar surface area (TPSA) is 112 Å². The smallest absolute Gasteiger partial charge is 0.294 e. The first-order valence-electron chi connectivity index (χ1n) is 11.2. The van der Waals surface area contributed by atoms with Gasteiger partial charge in [-0.05, 0) is 26.2 Å². The second-order valence-electron chi connectivity index (χ2n) is 8.26. The van der Waals surface area contributed by atoms with Gasteiger partial charge in [0.15, 0.2) is 0 Å². The number of anilines is 6. The number of nitrogens with zero attached hydrogens (tertiary/aromatic N) is 6. The number of para-hydroxylation sites is 2. The number of aromatic nitrogens is 2. The summed E-state index contributed by atoms with van der Waals surface area (Å²) in [6.07, 6.45) is 3.43. The largest absolute Gasteiger partial charge is 0.494 e. The lowest BCUT2D eigenvalue weighted by Crippen LogP contribution is -2.28. The van der Waals surface area contributed by atoms with Gasteiger partial charge >= 0.3 is 0 Å². The number of benzene rings is 2. The van der Waals surface area contributed by atoms with Gasteiger partial charge in [-0.1, -0.05) is 24.1 Å². The van der Waals surface area contributed by atoms with Crippen molar-refractivity contribution in [3.63, 3.8) is 0 Å². The molecular weight excluding hydrogens is 480 g/mol. The summed E-state index contributed by atoms with van der Waals surface area (Å²) >= 11 is 1.60. The molecule has 3 aromatic rings. The molecule has 36 heavy (non-hydrogen) atoms. The van der Waals surface area contributed by atoms with Gasteiger partial charge in [-0.25, -0.2) is 9.97 Å². The van der Waals surface area contributed by atoms with Gasteiger partial charge in [0, 0.05) is 51.6 Å². The van der Waals surface area contributed by atoms with Gasteiger partial charge in [-0.2, -0.15) is 0 Å². The molecule has 0 aliphatic rings. The first-order chi connectivity index (χ1) is 17.2. The van der Waals surface area contributed by atoms with Crippen molar-refractivity contribution in [1.29, 1.82) is 0 Å². The van der Waals surface area contributed by atoms with Crippen molar-refractivity contribution in [3.8, 4) is 5.75 Å². The van der Waals surface area contributed by atoms with Crippen molar-refractivity contribution in [2.45, 2.75) is 0 Å². The van der Waals surface area contributed by atoms with E-state index < -0.39 is 4.92 Å². The molecule has 192 valence electrons. The molecule has 0 saturated carbocycles. The van der Waals surface area contributed by atoms with Crippen LogP contribution in [0, 0.1) is 10.1 Å². The summed E-state index contributed by atoms with van der Waals surface area (Å²) in [4.78, 5) is 24.0. The number of likely N-dealkylation sites (N-methyl/N-ethyl adjacent to an activating group) is 2. The number of nitro benzene ring substituents is 1. The van der Waals surface area contributed by atoms with Crippen molar-refractivity contribution in [2.75, 3.05) is 74.5 Å². The van der Waals surface area contributed by atoms with E-state index in [4.69, 9.17) is 4.74 Å². The number of nitrogens with one attached hydrogen (secondary N) is 2. The van der Waals surface area contributed by atoms with Crippen LogP contribution in [0.25, 0.3) is 0 Å². The Morgan fingerprint density at radius 3 is 2.25 bits per heavy atom. The lowest BCUT2D eigenvalue weighted by Gasteiger charge is -2.23. The average molecular weight is 513 g/mol. The molecule has 0 aliphatic heterocycles. The molecule has 0 atom stereocenters. The maximum absolute atomic E-state index is 11.9. The van der Waals surface area contributed by atoms with Gasteiger partial charge in [0.25, 0.3) is 5.69 Å². The minimum atomic E-state index is -0.391. The van der Waals surface area contributed by atoms with Gasteiger partial charge in [0.1, 0.15) is 29.4 Å². The minimum absolute atomic E-state index is 0.0269. The van der Waals surface area contributed by atoms with E-state index in [1.165, 1.54) is 19.5 Å². The lowest BCUT2D eigenvalue weighted by molar-refractivity contribution is -0.384. The highest BCUT2D eigenvalue weighted by atomic mass is 32.2. The molecule has 11 nitrogen and oxygen atoms in total. The standard InChI is InChI=1S/C24H32N8O3S/c1-29(2)11-12-30(3)20-14-22(35-5)18(13-21(20)32(33)34)28-24-15-23(25-16-26-24)27-17-9-7-8-10-19(17)31(4)36-6/h7-10,13-16H,11-12H2,1-6H3,(H2,25,26,27,28). The van der Waals surface area contributed by atoms with Crippen LogP contribution in [0.4, 0.5) is 40.1 Å². The third kappa shape index (κ3) is 6.67. The molecule has 0 aliphatic carbocycles. The van der Waals surface area contributed by atoms with Crippen LogP contribution >= 0.6 is 11.9 Å². The van der Waals surface area contributed by atoms with Crippen LogP contribution in [-0.4, -0.2) is 74.4 Å². The van der Waals surface area contributed by atoms with Crippen molar-refractivity contribution < 1.29 is 9.66 Å². The summed E-state index contributed by atoms with van der Waals surface area (Å²) in [7, 11) is 9.26. The summed E-state index contributed by atoms with van der Waals surface area (Å²) in [6, 6.07) is 12.8. The Kier molecular flexibility index (Phi) is 9.14. The summed E-state index contributed by atoms with van der Waals surface area (Å²) in [5.41, 5.74) is 2.77. The predicted molar refractivity (Wildman–Crippen MR) is 148 cm³/mol. The molecule has 3 rings (SSSR count). The predicted octanol–water partition coefficient (Wildman–Crippen LogP) is 4.59. The van der Waals surface area contributed by atoms with E-state index in [2.05, 4.69) is 20.6 Å². The molecule has 0 saturated heterocycles. The van der Waals surface area contributed by atoms with E-state index >= 15 is 0 Å². The van der Waals surface area contributed by atoms with Crippen molar-refractivity contribution in [3.05, 3.63) is 58.9 Å². The van der Waals surface area contributed by atoms with E-state index in [9.17, 15) is 10.1 Å². The Morgan fingerprint density at radius 1 is 0.972 bits per heavy atom. The Morgan fingerprint density at radius 2 is 1.64 bits per heavy atom. The third-order valence-corrected chi connectivity index (χ3v) is 6.24. The van der Waals surface area contributed by atoms with E-state index in [0.29, 0.717) is 35.3 Å². The highest BCUT2D eigenvalue weighted by Crippen LogP contribution is 2.39. The van der Waals surface area contributed by atoms with Crippen LogP contribution in [-0.2, 0) is 0 Å². The van der Waals surface area contributed by atoms with E-state index in [0.717, 1.165) is 17.9 Å². The fraction of sp³-hybridized carbons (Fsp3) is 0.333. The van der Waals surface area contributed by atoms with Crippen LogP contribution < -0.4 is 24.6 Å². The number of methoxy groups -OCH3 is 1. The molecular formula is C24H32N8O3S. The Balaban J connectivity index is 1.89. The van der Waals surface area contributed by atoms with Crippen LogP contribution in [0.3, 0.4) is 0 Å². The van der Waals surface area contributed by atoms with Crippen LogP contribution in [0.1, 0.15) is 0 Å². The number of hydrogen-bond acceptors (Lipinski definition) is 11. The first kappa shape index (κ1) is 26.8. The van der Waals surface area contributed by atoms with Gasteiger partial charge in [-0.3, -0.25) is 10.1 Å². The molecule has 0 unspecified atom stereocenters. The number of hydrogen-bond donors (Lipinski definition) is 2. The van der Waals surface area contributed by atoms with E-state index in [1.807, 2.05) is 72.8 Å². The van der Waals surface area contributed by atoms with Crippen molar-refractivity contribution >= 4 is 52.0 Å². The van der Waals surface area contributed by atoms with Crippen LogP contribution in [0.5, 0.6) is 5.75 Å². The van der Waals surface area contributed by atoms with E-state index in [1.54, 1.807) is 24.1 Å². The second kappa shape index (κ2) is 12.3. The Hall–Kier alpha value is -3.77. The Labute approximate surface area is 215 Å². The molecule has 1 heterocycles. The normalized spacial score (nSPS) is 10.8. The molecule has 0 spiro atoms. The molecule has 2 aromatic carbocycles. The van der Waals surface area contributed by atoms with Gasteiger partial charge in [-0.15, -0.1) is 0 Å². The fourth-order valence-electron chi connectivity index (χ4n) is 3.47. The van der Waals surface area contributed by atoms with Crippen LogP contribution in [0.15, 0.2) is 48.8 Å². The number of ether oxygens (including phenoxy) is 1. The van der Waals surface area contributed by atoms with E-state index in [-0.39, 0.29) is 5.69 Å². The molecule has 0 amide bonds. The van der Waals surface area contributed by atoms with Crippen molar-refractivity contribution in [2.24, 2.45) is 0 Å².